The first-order chi connectivity index (χ1) is 9.02. The maximum absolute atomic E-state index is 11.7. The van der Waals surface area contributed by atoms with Crippen molar-refractivity contribution >= 4 is 17.6 Å². The first-order valence-electron chi connectivity index (χ1n) is 6.00. The molecule has 5 heteroatoms. The van der Waals surface area contributed by atoms with Crippen LogP contribution in [0.15, 0.2) is 36.9 Å². The summed E-state index contributed by atoms with van der Waals surface area (Å²) in [6, 6.07) is 6.35. The maximum Gasteiger partial charge on any atom is 0.326 e. The number of nitrogens with two attached hydrogens (primary N) is 1. The molecule has 1 amide bonds. The van der Waals surface area contributed by atoms with Crippen LogP contribution >= 0.6 is 0 Å². The van der Waals surface area contributed by atoms with Gasteiger partial charge in [-0.1, -0.05) is 18.2 Å². The fraction of sp³-hybridized carbons (Fsp3) is 0.286. The third kappa shape index (κ3) is 5.25. The monoisotopic (exact) mass is 262 g/mol. The highest BCUT2D eigenvalue weighted by molar-refractivity contribution is 5.83. The Morgan fingerprint density at radius 1 is 1.47 bits per heavy atom. The van der Waals surface area contributed by atoms with Crippen molar-refractivity contribution in [3.05, 3.63) is 42.5 Å². The van der Waals surface area contributed by atoms with Crippen LogP contribution in [0, 0.1) is 0 Å². The van der Waals surface area contributed by atoms with E-state index in [0.717, 1.165) is 5.56 Å². The van der Waals surface area contributed by atoms with Crippen LogP contribution in [0.2, 0.25) is 0 Å². The molecule has 0 fully saturated rings. The van der Waals surface area contributed by atoms with Crippen molar-refractivity contribution in [3.8, 4) is 0 Å². The Hall–Kier alpha value is -2.30. The molecule has 0 radical (unpaired) electrons. The topological polar surface area (TPSA) is 92.4 Å². The van der Waals surface area contributed by atoms with E-state index < -0.39 is 12.0 Å². The van der Waals surface area contributed by atoms with E-state index in [9.17, 15) is 9.59 Å². The summed E-state index contributed by atoms with van der Waals surface area (Å²) < 4.78 is 0. The number of aryl methyl sites for hydroxylation is 1. The Kier molecular flexibility index (Phi) is 5.60. The molecule has 0 spiro atoms. The number of carbonyl (C=O) groups is 2. The molecule has 0 aliphatic rings. The number of anilines is 1. The zero-order valence-corrected chi connectivity index (χ0v) is 10.6. The number of benzene rings is 1. The van der Waals surface area contributed by atoms with Crippen LogP contribution in [0.25, 0.3) is 0 Å². The van der Waals surface area contributed by atoms with Crippen molar-refractivity contribution in [3.63, 3.8) is 0 Å². The van der Waals surface area contributed by atoms with Gasteiger partial charge in [-0.05, 0) is 30.5 Å². The smallest absolute Gasteiger partial charge is 0.326 e. The fourth-order valence-electron chi connectivity index (χ4n) is 1.66. The van der Waals surface area contributed by atoms with E-state index in [2.05, 4.69) is 11.9 Å². The van der Waals surface area contributed by atoms with Gasteiger partial charge < -0.3 is 16.2 Å². The number of nitrogen functional groups attached to an aromatic ring is 1. The number of nitrogens with one attached hydrogen (secondary N) is 1. The molecule has 5 nitrogen and oxygen atoms in total. The van der Waals surface area contributed by atoms with Crippen LogP contribution in [0.3, 0.4) is 0 Å². The van der Waals surface area contributed by atoms with Crippen molar-refractivity contribution in [2.24, 2.45) is 0 Å². The van der Waals surface area contributed by atoms with Gasteiger partial charge in [-0.3, -0.25) is 4.79 Å². The third-order valence-electron chi connectivity index (χ3n) is 2.63. The van der Waals surface area contributed by atoms with Gasteiger partial charge in [0, 0.05) is 12.1 Å². The van der Waals surface area contributed by atoms with Crippen LogP contribution in [-0.4, -0.2) is 23.0 Å². The van der Waals surface area contributed by atoms with Gasteiger partial charge in [-0.15, -0.1) is 6.58 Å². The van der Waals surface area contributed by atoms with E-state index >= 15 is 0 Å². The Labute approximate surface area is 112 Å². The number of amides is 1. The van der Waals surface area contributed by atoms with Gasteiger partial charge in [0.05, 0.1) is 0 Å². The third-order valence-corrected chi connectivity index (χ3v) is 2.63. The van der Waals surface area contributed by atoms with Crippen LogP contribution in [0.1, 0.15) is 18.4 Å². The average Bonchev–Trinajstić information content (AvgIpc) is 2.36. The molecular weight excluding hydrogens is 244 g/mol. The molecule has 1 aromatic carbocycles. The van der Waals surface area contributed by atoms with Crippen LogP contribution in [0.5, 0.6) is 0 Å². The molecular formula is C14H18N2O3. The number of carboxylic acid groups (broad SMARTS) is 1. The highest BCUT2D eigenvalue weighted by atomic mass is 16.4. The second-order valence-electron chi connectivity index (χ2n) is 4.23. The zero-order valence-electron chi connectivity index (χ0n) is 10.6. The van der Waals surface area contributed by atoms with E-state index in [-0.39, 0.29) is 18.7 Å². The minimum absolute atomic E-state index is 0.208. The summed E-state index contributed by atoms with van der Waals surface area (Å²) in [7, 11) is 0. The lowest BCUT2D eigenvalue weighted by Crippen LogP contribution is -2.40. The van der Waals surface area contributed by atoms with E-state index in [4.69, 9.17) is 10.8 Å². The minimum atomic E-state index is -1.06. The SMILES string of the molecule is C=CCC(NC(=O)CCc1cccc(N)c1)C(=O)O. The summed E-state index contributed by atoms with van der Waals surface area (Å²) in [5, 5.41) is 11.4. The molecule has 0 bridgehead atoms. The van der Waals surface area contributed by atoms with Crippen molar-refractivity contribution in [1.29, 1.82) is 0 Å². The van der Waals surface area contributed by atoms with Crippen LogP contribution in [0.4, 0.5) is 5.69 Å². The molecule has 1 atom stereocenters. The number of carbonyl (C=O) groups excluding carboxylic acids is 1. The van der Waals surface area contributed by atoms with Crippen molar-refractivity contribution in [2.75, 3.05) is 5.73 Å². The average molecular weight is 262 g/mol. The Bertz CT molecular complexity index is 472. The van der Waals surface area contributed by atoms with Crippen LogP contribution < -0.4 is 11.1 Å². The summed E-state index contributed by atoms with van der Waals surface area (Å²) >= 11 is 0. The summed E-state index contributed by atoms with van der Waals surface area (Å²) in [6.45, 7) is 3.46. The van der Waals surface area contributed by atoms with Crippen molar-refractivity contribution < 1.29 is 14.7 Å². The van der Waals surface area contributed by atoms with E-state index in [0.29, 0.717) is 12.1 Å². The predicted octanol–water partition coefficient (Wildman–Crippen LogP) is 1.35. The number of aliphatic carboxylic acids is 1. The van der Waals surface area contributed by atoms with Gasteiger partial charge in [0.25, 0.3) is 0 Å². The molecule has 0 saturated heterocycles. The van der Waals surface area contributed by atoms with E-state index in [1.165, 1.54) is 6.08 Å². The van der Waals surface area contributed by atoms with Crippen molar-refractivity contribution in [1.82, 2.24) is 5.32 Å². The molecule has 0 aliphatic carbocycles. The molecule has 19 heavy (non-hydrogen) atoms. The molecule has 0 aliphatic heterocycles. The maximum atomic E-state index is 11.7. The minimum Gasteiger partial charge on any atom is -0.480 e. The van der Waals surface area contributed by atoms with Gasteiger partial charge in [-0.2, -0.15) is 0 Å². The number of carboxylic acids is 1. The second kappa shape index (κ2) is 7.20. The van der Waals surface area contributed by atoms with Crippen LogP contribution in [-0.2, 0) is 16.0 Å². The Morgan fingerprint density at radius 3 is 2.79 bits per heavy atom. The zero-order chi connectivity index (χ0) is 14.3. The molecule has 0 heterocycles. The highest BCUT2D eigenvalue weighted by Gasteiger charge is 2.17. The lowest BCUT2D eigenvalue weighted by Gasteiger charge is -2.12. The first-order valence-corrected chi connectivity index (χ1v) is 6.00. The quantitative estimate of drug-likeness (QED) is 0.511. The van der Waals surface area contributed by atoms with Gasteiger partial charge >= 0.3 is 5.97 Å². The number of hydrogen-bond acceptors (Lipinski definition) is 3. The van der Waals surface area contributed by atoms with E-state index in [1.54, 1.807) is 12.1 Å². The largest absolute Gasteiger partial charge is 0.480 e. The first kappa shape index (κ1) is 14.8. The summed E-state index contributed by atoms with van der Waals surface area (Å²) in [6.07, 6.45) is 2.43. The highest BCUT2D eigenvalue weighted by Crippen LogP contribution is 2.08. The standard InChI is InChI=1S/C14H18N2O3/c1-2-4-12(14(18)19)16-13(17)8-7-10-5-3-6-11(15)9-10/h2-3,5-6,9,12H,1,4,7-8,15H2,(H,16,17)(H,18,19). The van der Waals surface area contributed by atoms with Gasteiger partial charge in [0.1, 0.15) is 6.04 Å². The van der Waals surface area contributed by atoms with Gasteiger partial charge in [-0.25, -0.2) is 4.79 Å². The number of rotatable bonds is 7. The molecule has 4 N–H and O–H groups in total. The summed E-state index contributed by atoms with van der Waals surface area (Å²) in [5.41, 5.74) is 7.23. The van der Waals surface area contributed by atoms with E-state index in [1.807, 2.05) is 12.1 Å². The molecule has 1 unspecified atom stereocenters. The summed E-state index contributed by atoms with van der Waals surface area (Å²) in [4.78, 5) is 22.5. The lowest BCUT2D eigenvalue weighted by atomic mass is 10.1. The molecule has 102 valence electrons. The molecule has 0 saturated carbocycles. The molecule has 0 aromatic heterocycles. The second-order valence-corrected chi connectivity index (χ2v) is 4.23. The Morgan fingerprint density at radius 2 is 2.21 bits per heavy atom. The molecule has 1 rings (SSSR count). The normalized spacial score (nSPS) is 11.6. The fourth-order valence-corrected chi connectivity index (χ4v) is 1.66. The van der Waals surface area contributed by atoms with Gasteiger partial charge in [0.15, 0.2) is 0 Å². The lowest BCUT2D eigenvalue weighted by molar-refractivity contribution is -0.141. The molecule has 1 aromatic rings. The summed E-state index contributed by atoms with van der Waals surface area (Å²) in [5.74, 6) is -1.35. The van der Waals surface area contributed by atoms with Gasteiger partial charge in [0.2, 0.25) is 5.91 Å². The van der Waals surface area contributed by atoms with Crippen molar-refractivity contribution in [2.45, 2.75) is 25.3 Å². The predicted molar refractivity (Wildman–Crippen MR) is 73.6 cm³/mol. The Balaban J connectivity index is 2.46. The number of hydrogen-bond donors (Lipinski definition) is 3.